The molecule has 0 radical (unpaired) electrons. The second kappa shape index (κ2) is 5.20. The quantitative estimate of drug-likeness (QED) is 0.684. The molecule has 0 spiro atoms. The molecule has 15 heavy (non-hydrogen) atoms. The number of carbonyl (C=O) groups is 1. The van der Waals surface area contributed by atoms with Crippen LogP contribution in [0.5, 0.6) is 0 Å². The summed E-state index contributed by atoms with van der Waals surface area (Å²) in [5, 5.41) is 0. The third kappa shape index (κ3) is 2.87. The highest BCUT2D eigenvalue weighted by molar-refractivity contribution is 6.18. The van der Waals surface area contributed by atoms with Gasteiger partial charge in [0.2, 0.25) is 5.91 Å². The van der Waals surface area contributed by atoms with Crippen LogP contribution in [0.4, 0.5) is 0 Å². The van der Waals surface area contributed by atoms with Gasteiger partial charge in [0.25, 0.3) is 0 Å². The summed E-state index contributed by atoms with van der Waals surface area (Å²) >= 11 is 5.78. The molecule has 3 heteroatoms. The van der Waals surface area contributed by atoms with E-state index in [9.17, 15) is 4.79 Å². The monoisotopic (exact) mass is 231 g/mol. The molecule has 0 heterocycles. The lowest BCUT2D eigenvalue weighted by Gasteiger charge is -2.37. The average Bonchev–Trinajstić information content (AvgIpc) is 2.27. The summed E-state index contributed by atoms with van der Waals surface area (Å²) < 4.78 is 0. The number of amides is 1. The first-order chi connectivity index (χ1) is 7.01. The van der Waals surface area contributed by atoms with E-state index in [2.05, 4.69) is 6.92 Å². The Morgan fingerprint density at radius 1 is 1.40 bits per heavy atom. The van der Waals surface area contributed by atoms with Crippen LogP contribution in [0.2, 0.25) is 0 Å². The maximum atomic E-state index is 12.3. The van der Waals surface area contributed by atoms with E-state index in [4.69, 9.17) is 11.6 Å². The summed E-state index contributed by atoms with van der Waals surface area (Å²) in [6.07, 6.45) is 5.71. The van der Waals surface area contributed by atoms with Crippen LogP contribution in [0.25, 0.3) is 0 Å². The van der Waals surface area contributed by atoms with Gasteiger partial charge in [-0.1, -0.05) is 26.2 Å². The van der Waals surface area contributed by atoms with E-state index in [-0.39, 0.29) is 17.4 Å². The first-order valence-electron chi connectivity index (χ1n) is 5.84. The van der Waals surface area contributed by atoms with Crippen molar-refractivity contribution >= 4 is 17.5 Å². The van der Waals surface area contributed by atoms with Crippen molar-refractivity contribution in [3.63, 3.8) is 0 Å². The summed E-state index contributed by atoms with van der Waals surface area (Å²) in [6, 6.07) is 0.137. The smallest absolute Gasteiger partial charge is 0.228 e. The average molecular weight is 232 g/mol. The minimum Gasteiger partial charge on any atom is -0.341 e. The second-order valence-electron chi connectivity index (χ2n) is 5.04. The fourth-order valence-electron chi connectivity index (χ4n) is 2.28. The lowest BCUT2D eigenvalue weighted by atomic mass is 9.74. The normalized spacial score (nSPS) is 22.1. The summed E-state index contributed by atoms with van der Waals surface area (Å²) in [7, 11) is 1.87. The highest BCUT2D eigenvalue weighted by Gasteiger charge is 2.37. The predicted octanol–water partition coefficient (Wildman–Crippen LogP) is 3.04. The Morgan fingerprint density at radius 3 is 2.40 bits per heavy atom. The highest BCUT2D eigenvalue weighted by atomic mass is 35.5. The Balaban J connectivity index is 2.65. The lowest BCUT2D eigenvalue weighted by molar-refractivity contribution is -0.143. The summed E-state index contributed by atoms with van der Waals surface area (Å²) in [5.74, 6) is 0.786. The van der Waals surface area contributed by atoms with E-state index in [1.807, 2.05) is 18.9 Å². The molecule has 1 saturated carbocycles. The highest BCUT2D eigenvalue weighted by Crippen LogP contribution is 2.37. The van der Waals surface area contributed by atoms with Crippen LogP contribution in [0, 0.1) is 5.41 Å². The van der Waals surface area contributed by atoms with Crippen LogP contribution in [0.15, 0.2) is 0 Å². The molecule has 1 aliphatic rings. The standard InChI is InChI=1S/C12H22ClNO/c1-10(9-13)14(3)11(15)12(2)7-5-4-6-8-12/h10H,4-9H2,1-3H3. The van der Waals surface area contributed by atoms with Crippen LogP contribution in [-0.4, -0.2) is 29.8 Å². The molecule has 1 fully saturated rings. The topological polar surface area (TPSA) is 20.3 Å². The van der Waals surface area contributed by atoms with Crippen LogP contribution in [0.3, 0.4) is 0 Å². The molecule has 1 atom stereocenters. The first-order valence-corrected chi connectivity index (χ1v) is 6.38. The summed E-state index contributed by atoms with van der Waals surface area (Å²) in [4.78, 5) is 14.1. The molecule has 0 saturated heterocycles. The van der Waals surface area contributed by atoms with E-state index in [1.54, 1.807) is 0 Å². The van der Waals surface area contributed by atoms with E-state index in [1.165, 1.54) is 19.3 Å². The van der Waals surface area contributed by atoms with Crippen molar-refractivity contribution in [3.05, 3.63) is 0 Å². The second-order valence-corrected chi connectivity index (χ2v) is 5.35. The molecule has 1 rings (SSSR count). The fraction of sp³-hybridized carbons (Fsp3) is 0.917. The van der Waals surface area contributed by atoms with Gasteiger partial charge in [0.1, 0.15) is 0 Å². The van der Waals surface area contributed by atoms with Gasteiger partial charge in [-0.2, -0.15) is 0 Å². The van der Waals surface area contributed by atoms with E-state index < -0.39 is 0 Å². The van der Waals surface area contributed by atoms with Gasteiger partial charge in [0.05, 0.1) is 0 Å². The van der Waals surface area contributed by atoms with Crippen molar-refractivity contribution in [2.24, 2.45) is 5.41 Å². The minimum atomic E-state index is -0.132. The third-order valence-corrected chi connectivity index (χ3v) is 4.12. The number of rotatable bonds is 3. The van der Waals surface area contributed by atoms with Crippen molar-refractivity contribution in [2.45, 2.75) is 52.0 Å². The van der Waals surface area contributed by atoms with Crippen molar-refractivity contribution < 1.29 is 4.79 Å². The number of carbonyl (C=O) groups excluding carboxylic acids is 1. The van der Waals surface area contributed by atoms with Gasteiger partial charge in [-0.25, -0.2) is 0 Å². The van der Waals surface area contributed by atoms with Gasteiger partial charge in [-0.3, -0.25) is 4.79 Å². The maximum absolute atomic E-state index is 12.3. The zero-order valence-electron chi connectivity index (χ0n) is 10.1. The van der Waals surface area contributed by atoms with E-state index >= 15 is 0 Å². The van der Waals surface area contributed by atoms with Crippen LogP contribution < -0.4 is 0 Å². The molecule has 0 bridgehead atoms. The van der Waals surface area contributed by atoms with Gasteiger partial charge in [-0.05, 0) is 19.8 Å². The number of hydrogen-bond acceptors (Lipinski definition) is 1. The van der Waals surface area contributed by atoms with Gasteiger partial charge in [0, 0.05) is 24.4 Å². The molecule has 1 unspecified atom stereocenters. The number of nitrogens with zero attached hydrogens (tertiary/aromatic N) is 1. The largest absolute Gasteiger partial charge is 0.341 e. The molecule has 1 amide bonds. The molecule has 0 aliphatic heterocycles. The van der Waals surface area contributed by atoms with Crippen molar-refractivity contribution in [1.29, 1.82) is 0 Å². The molecule has 88 valence electrons. The number of halogens is 1. The van der Waals surface area contributed by atoms with Gasteiger partial charge in [-0.15, -0.1) is 11.6 Å². The van der Waals surface area contributed by atoms with E-state index in [0.29, 0.717) is 5.88 Å². The minimum absolute atomic E-state index is 0.132. The molecule has 2 nitrogen and oxygen atoms in total. The SMILES string of the molecule is CC(CCl)N(C)C(=O)C1(C)CCCCC1. The third-order valence-electron chi connectivity index (χ3n) is 3.68. The molecule has 0 aromatic rings. The molecular weight excluding hydrogens is 210 g/mol. The zero-order chi connectivity index (χ0) is 11.5. The van der Waals surface area contributed by atoms with Crippen molar-refractivity contribution in [3.8, 4) is 0 Å². The van der Waals surface area contributed by atoms with Gasteiger partial charge in [0.15, 0.2) is 0 Å². The van der Waals surface area contributed by atoms with Crippen molar-refractivity contribution in [2.75, 3.05) is 12.9 Å². The van der Waals surface area contributed by atoms with E-state index in [0.717, 1.165) is 12.8 Å². The van der Waals surface area contributed by atoms with Gasteiger partial charge < -0.3 is 4.90 Å². The molecule has 0 aromatic carbocycles. The number of alkyl halides is 1. The first kappa shape index (κ1) is 12.8. The maximum Gasteiger partial charge on any atom is 0.228 e. The molecule has 1 aliphatic carbocycles. The molecule has 0 aromatic heterocycles. The summed E-state index contributed by atoms with van der Waals surface area (Å²) in [6.45, 7) is 4.10. The molecular formula is C12H22ClNO. The Kier molecular flexibility index (Phi) is 4.45. The zero-order valence-corrected chi connectivity index (χ0v) is 10.8. The van der Waals surface area contributed by atoms with Crippen LogP contribution in [0.1, 0.15) is 46.0 Å². The molecule has 0 N–H and O–H groups in total. The lowest BCUT2D eigenvalue weighted by Crippen LogP contribution is -2.45. The Labute approximate surface area is 98.0 Å². The van der Waals surface area contributed by atoms with Crippen LogP contribution >= 0.6 is 11.6 Å². The van der Waals surface area contributed by atoms with Crippen LogP contribution in [-0.2, 0) is 4.79 Å². The Bertz CT molecular complexity index is 224. The number of hydrogen-bond donors (Lipinski definition) is 0. The van der Waals surface area contributed by atoms with Crippen molar-refractivity contribution in [1.82, 2.24) is 4.90 Å². The Morgan fingerprint density at radius 2 is 1.93 bits per heavy atom. The fourth-order valence-corrected chi connectivity index (χ4v) is 2.48. The summed E-state index contributed by atoms with van der Waals surface area (Å²) in [5.41, 5.74) is -0.132. The van der Waals surface area contributed by atoms with Gasteiger partial charge >= 0.3 is 0 Å². The Hall–Kier alpha value is -0.240. The predicted molar refractivity (Wildman–Crippen MR) is 64.1 cm³/mol.